The lowest BCUT2D eigenvalue weighted by molar-refractivity contribution is 0.0698. The van der Waals surface area contributed by atoms with Crippen LogP contribution in [0.25, 0.3) is 5.82 Å². The van der Waals surface area contributed by atoms with E-state index in [0.29, 0.717) is 5.82 Å². The van der Waals surface area contributed by atoms with Gasteiger partial charge in [0.05, 0.1) is 6.20 Å². The minimum Gasteiger partial charge on any atom is -0.477 e. The van der Waals surface area contributed by atoms with E-state index in [1.54, 1.807) is 6.07 Å². The summed E-state index contributed by atoms with van der Waals surface area (Å²) < 4.78 is 1.32. The van der Waals surface area contributed by atoms with Crippen LogP contribution >= 0.6 is 0 Å². The molecule has 2 heterocycles. The predicted molar refractivity (Wildman–Crippen MR) is 62.2 cm³/mol. The average Bonchev–Trinajstić information content (AvgIpc) is 2.58. The van der Waals surface area contributed by atoms with Gasteiger partial charge in [-0.25, -0.2) is 9.78 Å². The highest BCUT2D eigenvalue weighted by Gasteiger charge is 2.15. The smallest absolute Gasteiger partial charge is 0.341 e. The maximum absolute atomic E-state index is 10.8. The molecule has 0 saturated carbocycles. The number of hydrogen-bond acceptors (Lipinski definition) is 4. The number of aromatic nitrogens is 3. The molecule has 0 aliphatic heterocycles. The number of carbonyl (C=O) groups is 1. The van der Waals surface area contributed by atoms with Crippen molar-refractivity contribution in [1.82, 2.24) is 14.8 Å². The van der Waals surface area contributed by atoms with Gasteiger partial charge in [-0.2, -0.15) is 9.78 Å². The van der Waals surface area contributed by atoms with Crippen LogP contribution in [0.2, 0.25) is 0 Å². The monoisotopic (exact) mass is 232 g/mol. The molecule has 0 aliphatic carbocycles. The molecule has 0 saturated heterocycles. The van der Waals surface area contributed by atoms with Crippen LogP contribution < -0.4 is 5.73 Å². The van der Waals surface area contributed by atoms with E-state index in [1.807, 2.05) is 19.9 Å². The lowest BCUT2D eigenvalue weighted by atomic mass is 10.2. The van der Waals surface area contributed by atoms with Crippen LogP contribution in [0.15, 0.2) is 18.3 Å². The molecule has 0 radical (unpaired) electrons. The Labute approximate surface area is 97.7 Å². The molecule has 2 rings (SSSR count). The zero-order chi connectivity index (χ0) is 12.6. The minimum atomic E-state index is -1.10. The Kier molecular flexibility index (Phi) is 2.55. The number of anilines is 1. The van der Waals surface area contributed by atoms with E-state index in [2.05, 4.69) is 10.1 Å². The molecule has 0 fully saturated rings. The zero-order valence-corrected chi connectivity index (χ0v) is 9.51. The number of aryl methyl sites for hydroxylation is 2. The molecule has 2 aromatic heterocycles. The van der Waals surface area contributed by atoms with Crippen molar-refractivity contribution < 1.29 is 9.90 Å². The number of hydrogen-bond donors (Lipinski definition) is 2. The van der Waals surface area contributed by atoms with Gasteiger partial charge in [-0.3, -0.25) is 0 Å². The molecule has 17 heavy (non-hydrogen) atoms. The van der Waals surface area contributed by atoms with Crippen molar-refractivity contribution in [3.05, 3.63) is 35.2 Å². The first kappa shape index (κ1) is 11.1. The van der Waals surface area contributed by atoms with E-state index in [9.17, 15) is 4.79 Å². The number of aromatic carboxylic acids is 1. The maximum Gasteiger partial charge on any atom is 0.341 e. The van der Waals surface area contributed by atoms with Gasteiger partial charge in [-0.15, -0.1) is 0 Å². The fourth-order valence-electron chi connectivity index (χ4n) is 1.63. The van der Waals surface area contributed by atoms with E-state index in [0.717, 1.165) is 11.3 Å². The molecule has 6 nitrogen and oxygen atoms in total. The molecule has 2 aromatic rings. The van der Waals surface area contributed by atoms with E-state index in [4.69, 9.17) is 10.8 Å². The van der Waals surface area contributed by atoms with E-state index >= 15 is 0 Å². The highest BCUT2D eigenvalue weighted by atomic mass is 16.4. The Bertz CT molecular complexity index is 569. The highest BCUT2D eigenvalue weighted by molar-refractivity contribution is 5.92. The summed E-state index contributed by atoms with van der Waals surface area (Å²) in [6.07, 6.45) is 1.22. The van der Waals surface area contributed by atoms with E-state index in [1.165, 1.54) is 10.9 Å². The first-order valence-electron chi connectivity index (χ1n) is 5.01. The van der Waals surface area contributed by atoms with Crippen molar-refractivity contribution in [2.75, 3.05) is 5.73 Å². The molecule has 6 heteroatoms. The van der Waals surface area contributed by atoms with Crippen LogP contribution in [0.3, 0.4) is 0 Å². The second-order valence-electron chi connectivity index (χ2n) is 3.80. The standard InChI is InChI=1S/C11H12N4O2/c1-6-3-7(2)14-9(4-6)15-10(12)8(5-13-15)11(16)17/h3-5H,12H2,1-2H3,(H,16,17). The fraction of sp³-hybridized carbons (Fsp3) is 0.182. The number of nitrogens with two attached hydrogens (primary N) is 1. The van der Waals surface area contributed by atoms with Gasteiger partial charge >= 0.3 is 5.97 Å². The molecule has 0 unspecified atom stereocenters. The molecular weight excluding hydrogens is 220 g/mol. The number of pyridine rings is 1. The third-order valence-electron chi connectivity index (χ3n) is 2.34. The van der Waals surface area contributed by atoms with Gasteiger partial charge in [0.15, 0.2) is 5.82 Å². The largest absolute Gasteiger partial charge is 0.477 e. The number of carboxylic acid groups (broad SMARTS) is 1. The summed E-state index contributed by atoms with van der Waals surface area (Å²) in [7, 11) is 0. The third-order valence-corrected chi connectivity index (χ3v) is 2.34. The number of carboxylic acids is 1. The van der Waals surface area contributed by atoms with Crippen molar-refractivity contribution >= 4 is 11.8 Å². The molecule has 0 bridgehead atoms. The second kappa shape index (κ2) is 3.89. The van der Waals surface area contributed by atoms with Gasteiger partial charge in [-0.1, -0.05) is 0 Å². The first-order valence-corrected chi connectivity index (χ1v) is 5.01. The summed E-state index contributed by atoms with van der Waals surface area (Å²) in [6.45, 7) is 3.78. The first-order chi connectivity index (χ1) is 7.99. The summed E-state index contributed by atoms with van der Waals surface area (Å²) >= 11 is 0. The van der Waals surface area contributed by atoms with Crippen molar-refractivity contribution in [2.24, 2.45) is 0 Å². The van der Waals surface area contributed by atoms with Gasteiger partial charge < -0.3 is 10.8 Å². The Morgan fingerprint density at radius 3 is 2.65 bits per heavy atom. The maximum atomic E-state index is 10.8. The average molecular weight is 232 g/mol. The van der Waals surface area contributed by atoms with Crippen molar-refractivity contribution in [2.45, 2.75) is 13.8 Å². The molecule has 0 aromatic carbocycles. The predicted octanol–water partition coefficient (Wildman–Crippen LogP) is 1.16. The molecular formula is C11H12N4O2. The van der Waals surface area contributed by atoms with Crippen LogP contribution in [0.5, 0.6) is 0 Å². The number of rotatable bonds is 2. The van der Waals surface area contributed by atoms with Crippen LogP contribution in [-0.4, -0.2) is 25.8 Å². The van der Waals surface area contributed by atoms with Gasteiger partial charge in [0.25, 0.3) is 0 Å². The Balaban J connectivity index is 2.57. The van der Waals surface area contributed by atoms with Crippen molar-refractivity contribution in [3.8, 4) is 5.82 Å². The summed E-state index contributed by atoms with van der Waals surface area (Å²) in [6, 6.07) is 3.71. The third kappa shape index (κ3) is 1.96. The van der Waals surface area contributed by atoms with Crippen molar-refractivity contribution in [1.29, 1.82) is 0 Å². The molecule has 0 spiro atoms. The molecule has 0 atom stereocenters. The summed E-state index contributed by atoms with van der Waals surface area (Å²) in [4.78, 5) is 15.1. The Morgan fingerprint density at radius 1 is 1.41 bits per heavy atom. The number of nitrogen functional groups attached to an aromatic ring is 1. The Hall–Kier alpha value is -2.37. The minimum absolute atomic E-state index is 0.0223. The summed E-state index contributed by atoms with van der Waals surface area (Å²) in [5.41, 5.74) is 7.53. The Morgan fingerprint density at radius 2 is 2.12 bits per heavy atom. The van der Waals surface area contributed by atoms with Gasteiger partial charge in [0.1, 0.15) is 11.4 Å². The van der Waals surface area contributed by atoms with Gasteiger partial charge in [0, 0.05) is 5.69 Å². The molecule has 3 N–H and O–H groups in total. The topological polar surface area (TPSA) is 94.0 Å². The fourth-order valence-corrected chi connectivity index (χ4v) is 1.63. The molecule has 88 valence electrons. The summed E-state index contributed by atoms with van der Waals surface area (Å²) in [5.74, 6) is -0.499. The van der Waals surface area contributed by atoms with Crippen LogP contribution in [0.1, 0.15) is 21.6 Å². The zero-order valence-electron chi connectivity index (χ0n) is 9.51. The van der Waals surface area contributed by atoms with E-state index in [-0.39, 0.29) is 11.4 Å². The van der Waals surface area contributed by atoms with Gasteiger partial charge in [0.2, 0.25) is 0 Å². The molecule has 0 aliphatic rings. The lowest BCUT2D eigenvalue weighted by Gasteiger charge is -2.05. The van der Waals surface area contributed by atoms with Crippen molar-refractivity contribution in [3.63, 3.8) is 0 Å². The number of nitrogens with zero attached hydrogens (tertiary/aromatic N) is 3. The summed E-state index contributed by atoms with van der Waals surface area (Å²) in [5, 5.41) is 12.8. The van der Waals surface area contributed by atoms with Crippen LogP contribution in [0, 0.1) is 13.8 Å². The quantitative estimate of drug-likeness (QED) is 0.810. The SMILES string of the molecule is Cc1cc(C)nc(-n2ncc(C(=O)O)c2N)c1. The van der Waals surface area contributed by atoms with E-state index < -0.39 is 5.97 Å². The van der Waals surface area contributed by atoms with Crippen LogP contribution in [0.4, 0.5) is 5.82 Å². The van der Waals surface area contributed by atoms with Crippen LogP contribution in [-0.2, 0) is 0 Å². The lowest BCUT2D eigenvalue weighted by Crippen LogP contribution is -2.07. The highest BCUT2D eigenvalue weighted by Crippen LogP contribution is 2.16. The second-order valence-corrected chi connectivity index (χ2v) is 3.80. The normalized spacial score (nSPS) is 10.5. The molecule has 0 amide bonds. The van der Waals surface area contributed by atoms with Gasteiger partial charge in [-0.05, 0) is 31.5 Å².